The predicted octanol–water partition coefficient (Wildman–Crippen LogP) is 2.04. The third kappa shape index (κ3) is 4.38. The molecule has 1 rings (SSSR count). The van der Waals surface area contributed by atoms with Gasteiger partial charge < -0.3 is 4.74 Å². The molecule has 0 aromatic carbocycles. The molecule has 2 atom stereocenters. The summed E-state index contributed by atoms with van der Waals surface area (Å²) < 4.78 is 30.1. The van der Waals surface area contributed by atoms with E-state index in [0.29, 0.717) is 19.4 Å². The van der Waals surface area contributed by atoms with E-state index in [2.05, 4.69) is 5.32 Å². The second-order valence-corrected chi connectivity index (χ2v) is 5.83. The molecule has 0 aromatic rings. The molecule has 0 amide bonds. The molecule has 0 radical (unpaired) electrons. The van der Waals surface area contributed by atoms with E-state index in [1.54, 1.807) is 18.9 Å². The molecule has 1 saturated carbocycles. The van der Waals surface area contributed by atoms with E-state index in [0.717, 1.165) is 6.42 Å². The zero-order valence-electron chi connectivity index (χ0n) is 12.8. The summed E-state index contributed by atoms with van der Waals surface area (Å²) in [5, 5.41) is 3.29. The summed E-state index contributed by atoms with van der Waals surface area (Å²) in [6, 6.07) is 0.123. The van der Waals surface area contributed by atoms with Gasteiger partial charge in [0.2, 0.25) is 0 Å². The first kappa shape index (κ1) is 17.3. The highest BCUT2D eigenvalue weighted by atomic mass is 19.3. The molecule has 0 bridgehead atoms. The quantitative estimate of drug-likeness (QED) is 0.729. The van der Waals surface area contributed by atoms with Crippen molar-refractivity contribution in [3.63, 3.8) is 0 Å². The van der Waals surface area contributed by atoms with Gasteiger partial charge in [0.25, 0.3) is 6.43 Å². The van der Waals surface area contributed by atoms with Gasteiger partial charge in [-0.3, -0.25) is 15.0 Å². The smallest absolute Gasteiger partial charge is 0.326 e. The molecule has 0 spiro atoms. The third-order valence-corrected chi connectivity index (χ3v) is 3.77. The van der Waals surface area contributed by atoms with Crippen molar-refractivity contribution in [1.82, 2.24) is 10.2 Å². The Morgan fingerprint density at radius 1 is 1.50 bits per heavy atom. The molecule has 1 aliphatic rings. The molecule has 2 unspecified atom stereocenters. The number of carbonyl (C=O) groups is 1. The maximum absolute atomic E-state index is 12.5. The molecule has 4 nitrogen and oxygen atoms in total. The minimum Gasteiger partial charge on any atom is -0.465 e. The van der Waals surface area contributed by atoms with E-state index in [1.807, 2.05) is 13.8 Å². The fraction of sp³-hybridized carbons (Fsp3) is 0.929. The maximum atomic E-state index is 12.5. The normalized spacial score (nSPS) is 26.8. The van der Waals surface area contributed by atoms with Gasteiger partial charge in [0, 0.05) is 12.1 Å². The van der Waals surface area contributed by atoms with Crippen LogP contribution < -0.4 is 5.32 Å². The van der Waals surface area contributed by atoms with Crippen LogP contribution in [0.3, 0.4) is 0 Å². The van der Waals surface area contributed by atoms with E-state index in [4.69, 9.17) is 4.74 Å². The van der Waals surface area contributed by atoms with Gasteiger partial charge in [0.1, 0.15) is 5.54 Å². The van der Waals surface area contributed by atoms with Crippen LogP contribution in [-0.2, 0) is 9.53 Å². The highest BCUT2D eigenvalue weighted by Crippen LogP contribution is 2.34. The first-order chi connectivity index (χ1) is 9.30. The summed E-state index contributed by atoms with van der Waals surface area (Å²) in [7, 11) is 1.69. The van der Waals surface area contributed by atoms with Crippen LogP contribution in [0.4, 0.5) is 8.78 Å². The lowest BCUT2D eigenvalue weighted by molar-refractivity contribution is -0.151. The second-order valence-electron chi connectivity index (χ2n) is 5.83. The SMILES string of the molecule is CCOC(=O)C1(NC(C)C)CCC(N(C)CC(F)F)C1. The number of carbonyl (C=O) groups excluding carboxylic acids is 1. The summed E-state index contributed by atoms with van der Waals surface area (Å²) >= 11 is 0. The Bertz CT molecular complexity index is 326. The van der Waals surface area contributed by atoms with Gasteiger partial charge in [-0.15, -0.1) is 0 Å². The predicted molar refractivity (Wildman–Crippen MR) is 73.9 cm³/mol. The molecule has 20 heavy (non-hydrogen) atoms. The van der Waals surface area contributed by atoms with Crippen molar-refractivity contribution in [3.05, 3.63) is 0 Å². The van der Waals surface area contributed by atoms with Gasteiger partial charge in [-0.1, -0.05) is 0 Å². The summed E-state index contributed by atoms with van der Waals surface area (Å²) in [6.07, 6.45) is -0.479. The molecule has 0 aromatic heterocycles. The Morgan fingerprint density at radius 2 is 2.15 bits per heavy atom. The Kier molecular flexibility index (Phi) is 6.33. The van der Waals surface area contributed by atoms with Crippen LogP contribution in [0, 0.1) is 0 Å². The summed E-state index contributed by atoms with van der Waals surface area (Å²) in [6.45, 7) is 5.79. The monoisotopic (exact) mass is 292 g/mol. The van der Waals surface area contributed by atoms with Crippen molar-refractivity contribution in [2.45, 2.75) is 64.1 Å². The van der Waals surface area contributed by atoms with Crippen molar-refractivity contribution < 1.29 is 18.3 Å². The van der Waals surface area contributed by atoms with Crippen LogP contribution in [0.2, 0.25) is 0 Å². The molecule has 1 fully saturated rings. The molecule has 0 saturated heterocycles. The van der Waals surface area contributed by atoms with Crippen molar-refractivity contribution >= 4 is 5.97 Å². The molecule has 6 heteroatoms. The topological polar surface area (TPSA) is 41.6 Å². The van der Waals surface area contributed by atoms with Crippen LogP contribution in [-0.4, -0.2) is 55.1 Å². The fourth-order valence-corrected chi connectivity index (χ4v) is 2.96. The van der Waals surface area contributed by atoms with Crippen molar-refractivity contribution in [2.75, 3.05) is 20.2 Å². The van der Waals surface area contributed by atoms with Gasteiger partial charge in [-0.25, -0.2) is 8.78 Å². The number of nitrogens with one attached hydrogen (secondary N) is 1. The number of ether oxygens (including phenoxy) is 1. The second kappa shape index (κ2) is 7.31. The summed E-state index contributed by atoms with van der Waals surface area (Å²) in [5.41, 5.74) is -0.731. The van der Waals surface area contributed by atoms with Crippen LogP contribution in [0.25, 0.3) is 0 Å². The van der Waals surface area contributed by atoms with E-state index in [9.17, 15) is 13.6 Å². The van der Waals surface area contributed by atoms with Crippen LogP contribution in [0.1, 0.15) is 40.0 Å². The molecule has 1 aliphatic carbocycles. The van der Waals surface area contributed by atoms with Crippen molar-refractivity contribution in [3.8, 4) is 0 Å². The van der Waals surface area contributed by atoms with Crippen LogP contribution >= 0.6 is 0 Å². The molecular weight excluding hydrogens is 266 g/mol. The number of esters is 1. The number of halogens is 2. The zero-order chi connectivity index (χ0) is 15.3. The summed E-state index contributed by atoms with van der Waals surface area (Å²) in [5.74, 6) is -0.262. The molecule has 118 valence electrons. The fourth-order valence-electron chi connectivity index (χ4n) is 2.96. The minimum atomic E-state index is -2.35. The number of hydrogen-bond acceptors (Lipinski definition) is 4. The molecular formula is C14H26F2N2O2. The average Bonchev–Trinajstić information content (AvgIpc) is 2.73. The largest absolute Gasteiger partial charge is 0.465 e. The Labute approximate surface area is 119 Å². The lowest BCUT2D eigenvalue weighted by Crippen LogP contribution is -2.54. The lowest BCUT2D eigenvalue weighted by atomic mass is 9.96. The summed E-state index contributed by atoms with van der Waals surface area (Å²) in [4.78, 5) is 13.9. The van der Waals surface area contributed by atoms with Crippen LogP contribution in [0.5, 0.6) is 0 Å². The number of nitrogens with zero attached hydrogens (tertiary/aromatic N) is 1. The Balaban J connectivity index is 2.75. The van der Waals surface area contributed by atoms with Gasteiger partial charge in [-0.2, -0.15) is 0 Å². The zero-order valence-corrected chi connectivity index (χ0v) is 12.8. The van der Waals surface area contributed by atoms with Gasteiger partial charge in [0.05, 0.1) is 13.2 Å². The van der Waals surface area contributed by atoms with Crippen molar-refractivity contribution in [1.29, 1.82) is 0 Å². The van der Waals surface area contributed by atoms with E-state index in [1.165, 1.54) is 0 Å². The van der Waals surface area contributed by atoms with E-state index < -0.39 is 12.0 Å². The van der Waals surface area contributed by atoms with Gasteiger partial charge >= 0.3 is 5.97 Å². The molecule has 1 N–H and O–H groups in total. The number of hydrogen-bond donors (Lipinski definition) is 1. The van der Waals surface area contributed by atoms with E-state index in [-0.39, 0.29) is 24.6 Å². The molecule has 0 heterocycles. The first-order valence-electron chi connectivity index (χ1n) is 7.24. The average molecular weight is 292 g/mol. The highest BCUT2D eigenvalue weighted by Gasteiger charge is 2.47. The standard InChI is InChI=1S/C14H26F2N2O2/c1-5-20-13(19)14(17-10(2)3)7-6-11(8-14)18(4)9-12(15)16/h10-12,17H,5-9H2,1-4H3. The number of alkyl halides is 2. The number of rotatable bonds is 7. The Hall–Kier alpha value is -0.750. The minimum absolute atomic E-state index is 0.0142. The first-order valence-corrected chi connectivity index (χ1v) is 7.24. The molecule has 0 aliphatic heterocycles. The highest BCUT2D eigenvalue weighted by molar-refractivity contribution is 5.81. The van der Waals surface area contributed by atoms with Crippen LogP contribution in [0.15, 0.2) is 0 Å². The Morgan fingerprint density at radius 3 is 2.65 bits per heavy atom. The lowest BCUT2D eigenvalue weighted by Gasteiger charge is -2.32. The third-order valence-electron chi connectivity index (χ3n) is 3.77. The maximum Gasteiger partial charge on any atom is 0.326 e. The van der Waals surface area contributed by atoms with Gasteiger partial charge in [0.15, 0.2) is 0 Å². The van der Waals surface area contributed by atoms with Gasteiger partial charge in [-0.05, 0) is 47.1 Å². The van der Waals surface area contributed by atoms with Crippen molar-refractivity contribution in [2.24, 2.45) is 0 Å². The van der Waals surface area contributed by atoms with E-state index >= 15 is 0 Å².